The van der Waals surface area contributed by atoms with E-state index >= 15 is 0 Å². The summed E-state index contributed by atoms with van der Waals surface area (Å²) in [6.07, 6.45) is 2.56. The van der Waals surface area contributed by atoms with Crippen molar-refractivity contribution in [1.29, 1.82) is 0 Å². The highest BCUT2D eigenvalue weighted by Gasteiger charge is 2.40. The molecule has 0 bridgehead atoms. The quantitative estimate of drug-likeness (QED) is 0.603. The topological polar surface area (TPSA) is 92.5 Å². The van der Waals surface area contributed by atoms with Gasteiger partial charge in [0.1, 0.15) is 12.2 Å². The molecule has 1 aliphatic rings. The van der Waals surface area contributed by atoms with Crippen LogP contribution in [0.25, 0.3) is 0 Å². The molecule has 136 valence electrons. The molecule has 0 atom stereocenters. The normalized spacial score (nSPS) is 20.2. The number of hydrogen-bond donors (Lipinski definition) is 1. The maximum atomic E-state index is 12.2. The summed E-state index contributed by atoms with van der Waals surface area (Å²) in [6, 6.07) is 0. The van der Waals surface area contributed by atoms with Gasteiger partial charge in [0, 0.05) is 32.6 Å². The lowest BCUT2D eigenvalue weighted by atomic mass is 10.2. The molecule has 24 heavy (non-hydrogen) atoms. The SMILES string of the molecule is CCNC(=NCCn1cnnc1CC)N1CCS(=O)(=O)C(C)(C)C1. The summed E-state index contributed by atoms with van der Waals surface area (Å²) in [5, 5.41) is 11.3. The Balaban J connectivity index is 2.06. The van der Waals surface area contributed by atoms with Gasteiger partial charge in [0.2, 0.25) is 0 Å². The molecule has 0 aromatic carbocycles. The second kappa shape index (κ2) is 7.50. The molecule has 1 fully saturated rings. The van der Waals surface area contributed by atoms with Crippen LogP contribution in [0.15, 0.2) is 11.3 Å². The zero-order chi connectivity index (χ0) is 17.8. The van der Waals surface area contributed by atoms with E-state index in [4.69, 9.17) is 0 Å². The van der Waals surface area contributed by atoms with Crippen LogP contribution in [0.2, 0.25) is 0 Å². The van der Waals surface area contributed by atoms with E-state index in [1.807, 2.05) is 23.3 Å². The fourth-order valence-electron chi connectivity index (χ4n) is 2.75. The molecule has 2 rings (SSSR count). The van der Waals surface area contributed by atoms with Gasteiger partial charge < -0.3 is 14.8 Å². The molecule has 1 saturated heterocycles. The highest BCUT2D eigenvalue weighted by molar-refractivity contribution is 7.92. The van der Waals surface area contributed by atoms with Crippen molar-refractivity contribution >= 4 is 15.8 Å². The maximum absolute atomic E-state index is 12.2. The summed E-state index contributed by atoms with van der Waals surface area (Å²) in [4.78, 5) is 6.70. The van der Waals surface area contributed by atoms with Gasteiger partial charge >= 0.3 is 0 Å². The number of nitrogens with zero attached hydrogens (tertiary/aromatic N) is 5. The van der Waals surface area contributed by atoms with Crippen LogP contribution < -0.4 is 5.32 Å². The lowest BCUT2D eigenvalue weighted by Crippen LogP contribution is -2.57. The Hall–Kier alpha value is -1.64. The van der Waals surface area contributed by atoms with Gasteiger partial charge in [0.25, 0.3) is 0 Å². The van der Waals surface area contributed by atoms with Gasteiger partial charge in [-0.15, -0.1) is 10.2 Å². The molecule has 0 spiro atoms. The minimum Gasteiger partial charge on any atom is -0.357 e. The molecule has 0 amide bonds. The molecule has 9 heteroatoms. The number of hydrogen-bond acceptors (Lipinski definition) is 5. The first-order chi connectivity index (χ1) is 11.3. The Labute approximate surface area is 144 Å². The van der Waals surface area contributed by atoms with Crippen LogP contribution in [0.4, 0.5) is 0 Å². The molecule has 0 radical (unpaired) electrons. The summed E-state index contributed by atoms with van der Waals surface area (Å²) in [5.74, 6) is 1.88. The van der Waals surface area contributed by atoms with E-state index in [-0.39, 0.29) is 5.75 Å². The van der Waals surface area contributed by atoms with Crippen molar-refractivity contribution < 1.29 is 8.42 Å². The summed E-state index contributed by atoms with van der Waals surface area (Å²) in [5.41, 5.74) is 0. The summed E-state index contributed by atoms with van der Waals surface area (Å²) >= 11 is 0. The Morgan fingerprint density at radius 1 is 1.42 bits per heavy atom. The van der Waals surface area contributed by atoms with Gasteiger partial charge in [-0.2, -0.15) is 0 Å². The van der Waals surface area contributed by atoms with Gasteiger partial charge in [0.05, 0.1) is 17.0 Å². The second-order valence-electron chi connectivity index (χ2n) is 6.53. The molecule has 1 aromatic rings. The fraction of sp³-hybridized carbons (Fsp3) is 0.800. The van der Waals surface area contributed by atoms with Gasteiger partial charge in [0.15, 0.2) is 15.8 Å². The third-order valence-corrected chi connectivity index (χ3v) is 6.83. The minimum atomic E-state index is -3.05. The average Bonchev–Trinajstić information content (AvgIpc) is 2.97. The highest BCUT2D eigenvalue weighted by Crippen LogP contribution is 2.23. The molecule has 1 N–H and O–H groups in total. The zero-order valence-electron chi connectivity index (χ0n) is 15.0. The first-order valence-corrected chi connectivity index (χ1v) is 10.1. The van der Waals surface area contributed by atoms with Crippen molar-refractivity contribution in [3.05, 3.63) is 12.2 Å². The largest absolute Gasteiger partial charge is 0.357 e. The van der Waals surface area contributed by atoms with Crippen molar-refractivity contribution in [2.75, 3.05) is 31.9 Å². The van der Waals surface area contributed by atoms with Gasteiger partial charge in [-0.05, 0) is 20.8 Å². The van der Waals surface area contributed by atoms with Crippen LogP contribution >= 0.6 is 0 Å². The first kappa shape index (κ1) is 18.7. The van der Waals surface area contributed by atoms with Crippen molar-refractivity contribution in [3.63, 3.8) is 0 Å². The van der Waals surface area contributed by atoms with E-state index < -0.39 is 14.6 Å². The van der Waals surface area contributed by atoms with Crippen molar-refractivity contribution in [1.82, 2.24) is 25.0 Å². The predicted octanol–water partition coefficient (Wildman–Crippen LogP) is 0.315. The highest BCUT2D eigenvalue weighted by atomic mass is 32.2. The molecule has 0 unspecified atom stereocenters. The van der Waals surface area contributed by atoms with Crippen molar-refractivity contribution in [3.8, 4) is 0 Å². The zero-order valence-corrected chi connectivity index (χ0v) is 15.8. The van der Waals surface area contributed by atoms with E-state index in [9.17, 15) is 8.42 Å². The van der Waals surface area contributed by atoms with Gasteiger partial charge in [-0.3, -0.25) is 4.99 Å². The predicted molar refractivity (Wildman–Crippen MR) is 94.8 cm³/mol. The van der Waals surface area contributed by atoms with E-state index in [0.29, 0.717) is 26.2 Å². The maximum Gasteiger partial charge on any atom is 0.194 e. The van der Waals surface area contributed by atoms with E-state index in [1.165, 1.54) is 0 Å². The summed E-state index contributed by atoms with van der Waals surface area (Å²) in [7, 11) is -3.05. The summed E-state index contributed by atoms with van der Waals surface area (Å²) < 4.78 is 25.6. The first-order valence-electron chi connectivity index (χ1n) is 8.43. The van der Waals surface area contributed by atoms with Crippen LogP contribution in [0.1, 0.15) is 33.5 Å². The van der Waals surface area contributed by atoms with Crippen LogP contribution in [0.3, 0.4) is 0 Å². The smallest absolute Gasteiger partial charge is 0.194 e. The molecule has 8 nitrogen and oxygen atoms in total. The number of sulfone groups is 1. The minimum absolute atomic E-state index is 0.163. The Morgan fingerprint density at radius 2 is 2.17 bits per heavy atom. The molecule has 2 heterocycles. The van der Waals surface area contributed by atoms with E-state index in [0.717, 1.165) is 24.7 Å². The number of aromatic nitrogens is 3. The lowest BCUT2D eigenvalue weighted by Gasteiger charge is -2.39. The molecular weight excluding hydrogens is 328 g/mol. The van der Waals surface area contributed by atoms with Crippen molar-refractivity contribution in [2.45, 2.75) is 45.4 Å². The number of rotatable bonds is 5. The monoisotopic (exact) mass is 356 g/mol. The Kier molecular flexibility index (Phi) is 5.84. The standard InChI is InChI=1S/C15H28N6O2S/c1-5-13-19-18-12-21(13)8-7-17-14(16-6-2)20-9-10-24(22,23)15(3,4)11-20/h12H,5-11H2,1-4H3,(H,16,17). The molecule has 1 aromatic heterocycles. The third kappa shape index (κ3) is 4.06. The van der Waals surface area contributed by atoms with Crippen LogP contribution in [0, 0.1) is 0 Å². The van der Waals surface area contributed by atoms with Crippen LogP contribution in [-0.2, 0) is 22.8 Å². The van der Waals surface area contributed by atoms with E-state index in [2.05, 4.69) is 20.5 Å². The number of aliphatic imine (C=N–C) groups is 1. The number of guanidine groups is 1. The molecule has 0 aliphatic carbocycles. The van der Waals surface area contributed by atoms with Crippen LogP contribution in [-0.4, -0.2) is 70.7 Å². The van der Waals surface area contributed by atoms with Gasteiger partial charge in [-0.25, -0.2) is 8.42 Å². The van der Waals surface area contributed by atoms with Crippen LogP contribution in [0.5, 0.6) is 0 Å². The van der Waals surface area contributed by atoms with Crippen molar-refractivity contribution in [2.24, 2.45) is 4.99 Å². The Morgan fingerprint density at radius 3 is 2.79 bits per heavy atom. The Bertz CT molecular complexity index is 680. The van der Waals surface area contributed by atoms with E-state index in [1.54, 1.807) is 20.2 Å². The summed E-state index contributed by atoms with van der Waals surface area (Å²) in [6.45, 7) is 10.6. The lowest BCUT2D eigenvalue weighted by molar-refractivity contribution is 0.353. The molecular formula is C15H28N6O2S. The third-order valence-electron chi connectivity index (χ3n) is 4.29. The number of aryl methyl sites for hydroxylation is 1. The molecule has 0 saturated carbocycles. The fourth-order valence-corrected chi connectivity index (χ4v) is 4.12. The molecule has 1 aliphatic heterocycles. The van der Waals surface area contributed by atoms with Gasteiger partial charge in [-0.1, -0.05) is 6.92 Å². The second-order valence-corrected chi connectivity index (χ2v) is 9.27. The number of nitrogens with one attached hydrogen (secondary N) is 1. The average molecular weight is 356 g/mol.